The van der Waals surface area contributed by atoms with Crippen molar-refractivity contribution in [2.45, 2.75) is 69.0 Å². The molecule has 4 saturated carbocycles. The molecule has 0 heterocycles. The zero-order valence-electron chi connectivity index (χ0n) is 13.7. The van der Waals surface area contributed by atoms with Crippen LogP contribution in [0.5, 0.6) is 0 Å². The summed E-state index contributed by atoms with van der Waals surface area (Å²) in [7, 11) is -6.22. The SMILES string of the molecule is O=C(CCCC(F)(F)C(F)(F)S(=O)(=O)O)C12CC3CC(CC(C3)C1)C2. The molecule has 4 rings (SSSR count). The van der Waals surface area contributed by atoms with E-state index in [1.165, 1.54) is 0 Å². The minimum Gasteiger partial charge on any atom is -0.299 e. The summed E-state index contributed by atoms with van der Waals surface area (Å²) >= 11 is 0. The lowest BCUT2D eigenvalue weighted by atomic mass is 9.48. The van der Waals surface area contributed by atoms with E-state index in [-0.39, 0.29) is 12.2 Å². The molecule has 0 atom stereocenters. The van der Waals surface area contributed by atoms with Crippen molar-refractivity contribution in [3.8, 4) is 0 Å². The van der Waals surface area contributed by atoms with Crippen molar-refractivity contribution in [3.05, 3.63) is 0 Å². The average molecular weight is 386 g/mol. The fourth-order valence-electron chi connectivity index (χ4n) is 5.52. The second-order valence-electron chi connectivity index (χ2n) is 8.17. The molecule has 4 aliphatic rings. The third kappa shape index (κ3) is 3.22. The zero-order chi connectivity index (χ0) is 18.7. The quantitative estimate of drug-likeness (QED) is 0.529. The second-order valence-corrected chi connectivity index (χ2v) is 9.63. The van der Waals surface area contributed by atoms with E-state index >= 15 is 0 Å². The Morgan fingerprint density at radius 1 is 1.00 bits per heavy atom. The lowest BCUT2D eigenvalue weighted by Gasteiger charge is -2.56. The van der Waals surface area contributed by atoms with Crippen LogP contribution in [0.15, 0.2) is 0 Å². The first-order chi connectivity index (χ1) is 11.4. The van der Waals surface area contributed by atoms with E-state index in [0.29, 0.717) is 17.8 Å². The highest BCUT2D eigenvalue weighted by molar-refractivity contribution is 7.87. The Labute approximate surface area is 144 Å². The monoisotopic (exact) mass is 386 g/mol. The summed E-state index contributed by atoms with van der Waals surface area (Å²) in [4.78, 5) is 12.6. The number of rotatable bonds is 7. The molecule has 0 spiro atoms. The summed E-state index contributed by atoms with van der Waals surface area (Å²) in [6, 6.07) is 0. The topological polar surface area (TPSA) is 71.4 Å². The number of hydrogen-bond donors (Lipinski definition) is 1. The van der Waals surface area contributed by atoms with Crippen LogP contribution in [-0.4, -0.2) is 29.9 Å². The molecule has 9 heteroatoms. The lowest BCUT2D eigenvalue weighted by molar-refractivity contribution is -0.166. The molecule has 4 fully saturated rings. The fraction of sp³-hybridized carbons (Fsp3) is 0.938. The molecule has 0 aromatic carbocycles. The molecule has 0 radical (unpaired) electrons. The van der Waals surface area contributed by atoms with Gasteiger partial charge in [0.25, 0.3) is 0 Å². The van der Waals surface area contributed by atoms with Crippen molar-refractivity contribution >= 4 is 15.9 Å². The van der Waals surface area contributed by atoms with E-state index in [4.69, 9.17) is 4.55 Å². The van der Waals surface area contributed by atoms with Gasteiger partial charge in [0.2, 0.25) is 0 Å². The third-order valence-electron chi connectivity index (χ3n) is 6.27. The van der Waals surface area contributed by atoms with Gasteiger partial charge in [-0.25, -0.2) is 0 Å². The fourth-order valence-corrected chi connectivity index (χ4v) is 6.00. The molecular weight excluding hydrogens is 364 g/mol. The van der Waals surface area contributed by atoms with Gasteiger partial charge >= 0.3 is 21.3 Å². The molecule has 144 valence electrons. The summed E-state index contributed by atoms with van der Waals surface area (Å²) in [5.74, 6) is -3.57. The molecular formula is C16H22F4O4S. The first-order valence-electron chi connectivity index (χ1n) is 8.62. The highest BCUT2D eigenvalue weighted by Crippen LogP contribution is 2.60. The molecule has 0 amide bonds. The van der Waals surface area contributed by atoms with Crippen molar-refractivity contribution in [2.75, 3.05) is 0 Å². The predicted octanol–water partition coefficient (Wildman–Crippen LogP) is 4.06. The van der Waals surface area contributed by atoms with E-state index in [2.05, 4.69) is 0 Å². The van der Waals surface area contributed by atoms with Gasteiger partial charge in [0.1, 0.15) is 5.78 Å². The average Bonchev–Trinajstić information content (AvgIpc) is 2.44. The van der Waals surface area contributed by atoms with Crippen molar-refractivity contribution in [1.82, 2.24) is 0 Å². The van der Waals surface area contributed by atoms with Crippen LogP contribution in [0.1, 0.15) is 57.8 Å². The van der Waals surface area contributed by atoms with E-state index in [9.17, 15) is 30.8 Å². The first kappa shape index (κ1) is 19.1. The van der Waals surface area contributed by atoms with E-state index < -0.39 is 39.6 Å². The molecule has 0 aromatic heterocycles. The van der Waals surface area contributed by atoms with Crippen molar-refractivity contribution in [3.63, 3.8) is 0 Å². The van der Waals surface area contributed by atoms with E-state index in [1.807, 2.05) is 0 Å². The lowest BCUT2D eigenvalue weighted by Crippen LogP contribution is -2.50. The summed E-state index contributed by atoms with van der Waals surface area (Å²) < 4.78 is 82.7. The Kier molecular flexibility index (Phi) is 4.50. The number of halogens is 4. The minimum absolute atomic E-state index is 0.155. The molecule has 0 unspecified atom stereocenters. The van der Waals surface area contributed by atoms with Gasteiger partial charge in [-0.1, -0.05) is 0 Å². The minimum atomic E-state index is -6.22. The van der Waals surface area contributed by atoms with Crippen LogP contribution in [0.25, 0.3) is 0 Å². The molecule has 1 N–H and O–H groups in total. The number of carbonyl (C=O) groups is 1. The molecule has 0 saturated heterocycles. The highest BCUT2D eigenvalue weighted by atomic mass is 32.2. The van der Waals surface area contributed by atoms with Gasteiger partial charge in [-0.3, -0.25) is 9.35 Å². The normalized spacial score (nSPS) is 35.2. The Balaban J connectivity index is 1.60. The second kappa shape index (κ2) is 5.90. The van der Waals surface area contributed by atoms with Gasteiger partial charge in [-0.2, -0.15) is 26.0 Å². The van der Waals surface area contributed by atoms with E-state index in [1.54, 1.807) is 0 Å². The van der Waals surface area contributed by atoms with Crippen LogP contribution >= 0.6 is 0 Å². The molecule has 4 bridgehead atoms. The van der Waals surface area contributed by atoms with Crippen LogP contribution in [0, 0.1) is 23.2 Å². The maximum absolute atomic E-state index is 13.5. The summed E-state index contributed by atoms with van der Waals surface area (Å²) in [5, 5.41) is -5.55. The Bertz CT molecular complexity index is 624. The Hall–Kier alpha value is -0.700. The van der Waals surface area contributed by atoms with E-state index in [0.717, 1.165) is 38.5 Å². The smallest absolute Gasteiger partial charge is 0.299 e. The number of hydrogen-bond acceptors (Lipinski definition) is 3. The van der Waals surface area contributed by atoms with Gasteiger partial charge in [-0.05, 0) is 62.7 Å². The van der Waals surface area contributed by atoms with Crippen molar-refractivity contribution in [1.29, 1.82) is 0 Å². The summed E-state index contributed by atoms with van der Waals surface area (Å²) in [6.07, 6.45) is 3.38. The van der Waals surface area contributed by atoms with Gasteiger partial charge in [0.05, 0.1) is 0 Å². The predicted molar refractivity (Wildman–Crippen MR) is 80.9 cm³/mol. The zero-order valence-corrected chi connectivity index (χ0v) is 14.5. The van der Waals surface area contributed by atoms with Crippen LogP contribution in [0.2, 0.25) is 0 Å². The molecule has 25 heavy (non-hydrogen) atoms. The highest BCUT2D eigenvalue weighted by Gasteiger charge is 2.65. The van der Waals surface area contributed by atoms with Crippen molar-refractivity contribution < 1.29 is 35.3 Å². The van der Waals surface area contributed by atoms with Crippen molar-refractivity contribution in [2.24, 2.45) is 23.2 Å². The largest absolute Gasteiger partial charge is 0.431 e. The number of alkyl halides is 4. The Morgan fingerprint density at radius 2 is 1.44 bits per heavy atom. The van der Waals surface area contributed by atoms with Gasteiger partial charge in [-0.15, -0.1) is 0 Å². The molecule has 4 aliphatic carbocycles. The van der Waals surface area contributed by atoms with Crippen LogP contribution < -0.4 is 0 Å². The first-order valence-corrected chi connectivity index (χ1v) is 10.1. The molecule has 4 nitrogen and oxygen atoms in total. The standard InChI is InChI=1S/C16H22F4O4S/c17-15(18,16(19,20)25(22,23)24)3-1-2-13(21)14-7-10-4-11(8-14)6-12(5-10)9-14/h10-12H,1-9H2,(H,22,23,24). The summed E-state index contributed by atoms with van der Waals surface area (Å²) in [6.45, 7) is 0. The third-order valence-corrected chi connectivity index (χ3v) is 7.22. The van der Waals surface area contributed by atoms with Crippen LogP contribution in [0.3, 0.4) is 0 Å². The van der Waals surface area contributed by atoms with Gasteiger partial charge in [0, 0.05) is 18.3 Å². The molecule has 0 aliphatic heterocycles. The maximum Gasteiger partial charge on any atom is 0.431 e. The van der Waals surface area contributed by atoms with Crippen LogP contribution in [-0.2, 0) is 14.9 Å². The number of Topliss-reactive ketones (excluding diaryl/α,β-unsaturated/α-hetero) is 1. The van der Waals surface area contributed by atoms with Crippen LogP contribution in [0.4, 0.5) is 17.6 Å². The maximum atomic E-state index is 13.5. The Morgan fingerprint density at radius 3 is 1.84 bits per heavy atom. The van der Waals surface area contributed by atoms with Gasteiger partial charge < -0.3 is 0 Å². The molecule has 0 aromatic rings. The van der Waals surface area contributed by atoms with Gasteiger partial charge in [0.15, 0.2) is 0 Å². The summed E-state index contributed by atoms with van der Waals surface area (Å²) in [5.41, 5.74) is -0.490. The number of carbonyl (C=O) groups excluding carboxylic acids is 1. The number of ketones is 1.